The molecule has 1 aromatic heterocycles. The number of thiophene rings is 1. The molecule has 120 valence electrons. The summed E-state index contributed by atoms with van der Waals surface area (Å²) in [5, 5.41) is 8.95. The van der Waals surface area contributed by atoms with Gasteiger partial charge in [-0.05, 0) is 45.6 Å². The Morgan fingerprint density at radius 2 is 2.14 bits per heavy atom. The van der Waals surface area contributed by atoms with E-state index in [0.29, 0.717) is 0 Å². The van der Waals surface area contributed by atoms with Crippen LogP contribution in [0.2, 0.25) is 0 Å². The van der Waals surface area contributed by atoms with Gasteiger partial charge in [0.05, 0.1) is 6.54 Å². The Morgan fingerprint density at radius 3 is 2.71 bits per heavy atom. The van der Waals surface area contributed by atoms with Crippen molar-refractivity contribution in [2.45, 2.75) is 39.7 Å². The molecule has 1 rings (SSSR count). The molecule has 0 aliphatic heterocycles. The molecule has 0 saturated heterocycles. The standard InChI is InChI=1S/C16H30N4S/c1-6-17-15(18-10-11-19-16(2,3)4)20(5)12-9-14-8-7-13-21-14/h7-8,13,19H,6,9-12H2,1-5H3,(H,17,18). The first kappa shape index (κ1) is 18.0. The van der Waals surface area contributed by atoms with Crippen molar-refractivity contribution in [3.05, 3.63) is 22.4 Å². The fourth-order valence-electron chi connectivity index (χ4n) is 1.90. The van der Waals surface area contributed by atoms with E-state index in [-0.39, 0.29) is 5.54 Å². The van der Waals surface area contributed by atoms with Crippen LogP contribution in [0.1, 0.15) is 32.6 Å². The number of likely N-dealkylation sites (N-methyl/N-ethyl adjacent to an activating group) is 1. The third-order valence-electron chi connectivity index (χ3n) is 3.00. The van der Waals surface area contributed by atoms with E-state index in [1.54, 1.807) is 0 Å². The molecule has 1 heterocycles. The zero-order chi connectivity index (χ0) is 15.7. The van der Waals surface area contributed by atoms with E-state index < -0.39 is 0 Å². The van der Waals surface area contributed by atoms with Crippen molar-refractivity contribution in [2.24, 2.45) is 4.99 Å². The highest BCUT2D eigenvalue weighted by Crippen LogP contribution is 2.09. The van der Waals surface area contributed by atoms with Crippen LogP contribution in [0.5, 0.6) is 0 Å². The summed E-state index contributed by atoms with van der Waals surface area (Å²) in [4.78, 5) is 8.32. The number of hydrogen-bond acceptors (Lipinski definition) is 3. The Bertz CT molecular complexity index is 406. The first-order chi connectivity index (χ1) is 9.92. The smallest absolute Gasteiger partial charge is 0.193 e. The monoisotopic (exact) mass is 310 g/mol. The maximum atomic E-state index is 4.69. The molecule has 0 bridgehead atoms. The molecule has 0 radical (unpaired) electrons. The Balaban J connectivity index is 2.42. The molecular weight excluding hydrogens is 280 g/mol. The highest BCUT2D eigenvalue weighted by atomic mass is 32.1. The first-order valence-electron chi connectivity index (χ1n) is 7.69. The summed E-state index contributed by atoms with van der Waals surface area (Å²) in [7, 11) is 2.10. The molecule has 0 unspecified atom stereocenters. The van der Waals surface area contributed by atoms with Crippen LogP contribution in [0.4, 0.5) is 0 Å². The molecule has 4 nitrogen and oxygen atoms in total. The average molecular weight is 311 g/mol. The minimum absolute atomic E-state index is 0.152. The molecule has 0 aromatic carbocycles. The lowest BCUT2D eigenvalue weighted by Gasteiger charge is -2.23. The topological polar surface area (TPSA) is 39.7 Å². The van der Waals surface area contributed by atoms with Gasteiger partial charge in [-0.2, -0.15) is 0 Å². The summed E-state index contributed by atoms with van der Waals surface area (Å²) in [6.45, 7) is 12.2. The van der Waals surface area contributed by atoms with Crippen molar-refractivity contribution in [1.29, 1.82) is 0 Å². The van der Waals surface area contributed by atoms with Crippen LogP contribution in [-0.2, 0) is 6.42 Å². The van der Waals surface area contributed by atoms with Gasteiger partial charge in [0, 0.05) is 37.1 Å². The number of nitrogens with zero attached hydrogens (tertiary/aromatic N) is 2. The Hall–Kier alpha value is -1.07. The quantitative estimate of drug-likeness (QED) is 0.462. The van der Waals surface area contributed by atoms with E-state index in [4.69, 9.17) is 0 Å². The van der Waals surface area contributed by atoms with Gasteiger partial charge >= 0.3 is 0 Å². The fourth-order valence-corrected chi connectivity index (χ4v) is 2.60. The number of hydrogen-bond donors (Lipinski definition) is 2. The highest BCUT2D eigenvalue weighted by Gasteiger charge is 2.08. The summed E-state index contributed by atoms with van der Waals surface area (Å²) in [5.74, 6) is 0.991. The molecular formula is C16H30N4S. The van der Waals surface area contributed by atoms with Gasteiger partial charge in [0.15, 0.2) is 5.96 Å². The van der Waals surface area contributed by atoms with Crippen LogP contribution < -0.4 is 10.6 Å². The molecule has 5 heteroatoms. The molecule has 0 atom stereocenters. The van der Waals surface area contributed by atoms with Gasteiger partial charge in [-0.25, -0.2) is 0 Å². The molecule has 0 aliphatic rings. The van der Waals surface area contributed by atoms with Crippen molar-refractivity contribution < 1.29 is 0 Å². The van der Waals surface area contributed by atoms with Crippen LogP contribution in [0, 0.1) is 0 Å². The number of aliphatic imine (C=N–C) groups is 1. The second-order valence-corrected chi connectivity index (χ2v) is 7.20. The van der Waals surface area contributed by atoms with E-state index in [2.05, 4.69) is 72.8 Å². The van der Waals surface area contributed by atoms with Crippen molar-refractivity contribution in [3.8, 4) is 0 Å². The largest absolute Gasteiger partial charge is 0.357 e. The summed E-state index contributed by atoms with van der Waals surface area (Å²) in [6.07, 6.45) is 1.07. The zero-order valence-corrected chi connectivity index (χ0v) is 14.9. The maximum absolute atomic E-state index is 4.69. The first-order valence-corrected chi connectivity index (χ1v) is 8.57. The van der Waals surface area contributed by atoms with Crippen LogP contribution in [-0.4, -0.2) is 49.6 Å². The second-order valence-electron chi connectivity index (χ2n) is 6.16. The van der Waals surface area contributed by atoms with Crippen molar-refractivity contribution in [1.82, 2.24) is 15.5 Å². The normalized spacial score (nSPS) is 12.5. The number of nitrogens with one attached hydrogen (secondary N) is 2. The lowest BCUT2D eigenvalue weighted by Crippen LogP contribution is -2.41. The Labute approximate surface area is 133 Å². The van der Waals surface area contributed by atoms with Gasteiger partial charge in [0.2, 0.25) is 0 Å². The van der Waals surface area contributed by atoms with Gasteiger partial charge < -0.3 is 15.5 Å². The second kappa shape index (κ2) is 9.05. The SMILES string of the molecule is CCNC(=NCCNC(C)(C)C)N(C)CCc1cccs1. The fraction of sp³-hybridized carbons (Fsp3) is 0.688. The van der Waals surface area contributed by atoms with E-state index in [1.165, 1.54) is 4.88 Å². The van der Waals surface area contributed by atoms with Crippen molar-refractivity contribution in [3.63, 3.8) is 0 Å². The highest BCUT2D eigenvalue weighted by molar-refractivity contribution is 7.09. The molecule has 2 N–H and O–H groups in total. The third-order valence-corrected chi connectivity index (χ3v) is 3.94. The van der Waals surface area contributed by atoms with Gasteiger partial charge in [-0.15, -0.1) is 11.3 Å². The lowest BCUT2D eigenvalue weighted by atomic mass is 10.1. The zero-order valence-electron chi connectivity index (χ0n) is 14.1. The molecule has 0 saturated carbocycles. The Morgan fingerprint density at radius 1 is 1.38 bits per heavy atom. The minimum atomic E-state index is 0.152. The summed E-state index contributed by atoms with van der Waals surface area (Å²) in [5.41, 5.74) is 0.152. The van der Waals surface area contributed by atoms with Gasteiger partial charge in [-0.1, -0.05) is 6.07 Å². The summed E-state index contributed by atoms with van der Waals surface area (Å²) in [6, 6.07) is 4.30. The average Bonchev–Trinajstić information content (AvgIpc) is 2.91. The van der Waals surface area contributed by atoms with Crippen LogP contribution in [0.15, 0.2) is 22.5 Å². The van der Waals surface area contributed by atoms with Crippen molar-refractivity contribution in [2.75, 3.05) is 33.2 Å². The Kier molecular flexibility index (Phi) is 7.75. The molecule has 0 aliphatic carbocycles. The minimum Gasteiger partial charge on any atom is -0.357 e. The summed E-state index contributed by atoms with van der Waals surface area (Å²) < 4.78 is 0. The van der Waals surface area contributed by atoms with Crippen LogP contribution >= 0.6 is 11.3 Å². The van der Waals surface area contributed by atoms with E-state index in [0.717, 1.165) is 38.6 Å². The molecule has 0 fully saturated rings. The van der Waals surface area contributed by atoms with Gasteiger partial charge in [0.25, 0.3) is 0 Å². The lowest BCUT2D eigenvalue weighted by molar-refractivity contribution is 0.430. The molecule has 1 aromatic rings. The maximum Gasteiger partial charge on any atom is 0.193 e. The van der Waals surface area contributed by atoms with Gasteiger partial charge in [-0.3, -0.25) is 4.99 Å². The van der Waals surface area contributed by atoms with E-state index in [1.807, 2.05) is 11.3 Å². The number of guanidine groups is 1. The van der Waals surface area contributed by atoms with Gasteiger partial charge in [0.1, 0.15) is 0 Å². The van der Waals surface area contributed by atoms with E-state index in [9.17, 15) is 0 Å². The predicted molar refractivity (Wildman–Crippen MR) is 94.4 cm³/mol. The van der Waals surface area contributed by atoms with E-state index >= 15 is 0 Å². The van der Waals surface area contributed by atoms with Crippen LogP contribution in [0.3, 0.4) is 0 Å². The molecule has 0 amide bonds. The van der Waals surface area contributed by atoms with Crippen molar-refractivity contribution >= 4 is 17.3 Å². The number of rotatable bonds is 7. The third kappa shape index (κ3) is 8.07. The summed E-state index contributed by atoms with van der Waals surface area (Å²) >= 11 is 1.82. The predicted octanol–water partition coefficient (Wildman–Crippen LogP) is 2.58. The molecule has 21 heavy (non-hydrogen) atoms. The van der Waals surface area contributed by atoms with Crippen LogP contribution in [0.25, 0.3) is 0 Å². The molecule has 0 spiro atoms.